The second-order valence-corrected chi connectivity index (χ2v) is 6.79. The second kappa shape index (κ2) is 8.56. The van der Waals surface area contributed by atoms with E-state index in [-0.39, 0.29) is 17.6 Å². The van der Waals surface area contributed by atoms with Crippen LogP contribution >= 0.6 is 0 Å². The van der Waals surface area contributed by atoms with Crippen LogP contribution in [0.2, 0.25) is 0 Å². The Balaban J connectivity index is 1.94. The summed E-state index contributed by atoms with van der Waals surface area (Å²) in [6.07, 6.45) is 1.04. The van der Waals surface area contributed by atoms with Gasteiger partial charge in [0.05, 0.1) is 13.0 Å². The van der Waals surface area contributed by atoms with Crippen molar-refractivity contribution in [1.82, 2.24) is 5.32 Å². The fraction of sp³-hybridized carbons (Fsp3) is 0.381. The highest BCUT2D eigenvalue weighted by Crippen LogP contribution is 2.26. The normalized spacial score (nSPS) is 12.0. The van der Waals surface area contributed by atoms with Gasteiger partial charge in [0.2, 0.25) is 5.91 Å². The first-order valence-electron chi connectivity index (χ1n) is 8.63. The van der Waals surface area contributed by atoms with Crippen molar-refractivity contribution in [3.05, 3.63) is 59.2 Å². The molecule has 4 heteroatoms. The molecule has 0 saturated carbocycles. The van der Waals surface area contributed by atoms with Crippen LogP contribution in [0.4, 0.5) is 0 Å². The van der Waals surface area contributed by atoms with E-state index in [1.807, 2.05) is 25.1 Å². The van der Waals surface area contributed by atoms with E-state index >= 15 is 0 Å². The standard InChI is InChI=1S/C21H27NO3/c1-14(2)11-16-5-8-18(9-6-16)15(3)21(24)22-13-17-7-10-20(25-4)19(23)12-17/h5-10,12,14-15,23H,11,13H2,1-4H3,(H,22,24). The first-order chi connectivity index (χ1) is 11.9. The minimum atomic E-state index is -0.222. The van der Waals surface area contributed by atoms with Crippen molar-refractivity contribution in [3.8, 4) is 11.5 Å². The van der Waals surface area contributed by atoms with E-state index in [1.54, 1.807) is 12.1 Å². The molecule has 1 atom stereocenters. The average Bonchev–Trinajstić information content (AvgIpc) is 2.59. The molecule has 0 aliphatic carbocycles. The Labute approximate surface area is 149 Å². The maximum atomic E-state index is 12.4. The quantitative estimate of drug-likeness (QED) is 0.800. The summed E-state index contributed by atoms with van der Waals surface area (Å²) < 4.78 is 5.02. The van der Waals surface area contributed by atoms with Crippen LogP contribution in [0.1, 0.15) is 43.4 Å². The molecule has 1 amide bonds. The van der Waals surface area contributed by atoms with Gasteiger partial charge >= 0.3 is 0 Å². The molecule has 1 unspecified atom stereocenters. The molecule has 2 aromatic carbocycles. The van der Waals surface area contributed by atoms with Gasteiger partial charge in [-0.15, -0.1) is 0 Å². The fourth-order valence-electron chi connectivity index (χ4n) is 2.75. The Morgan fingerprint density at radius 3 is 2.28 bits per heavy atom. The molecule has 0 spiro atoms. The molecule has 0 aromatic heterocycles. The topological polar surface area (TPSA) is 58.6 Å². The van der Waals surface area contributed by atoms with Crippen molar-refractivity contribution in [3.63, 3.8) is 0 Å². The van der Waals surface area contributed by atoms with Crippen LogP contribution in [-0.2, 0) is 17.8 Å². The SMILES string of the molecule is COc1ccc(CNC(=O)C(C)c2ccc(CC(C)C)cc2)cc1O. The highest BCUT2D eigenvalue weighted by molar-refractivity contribution is 5.83. The summed E-state index contributed by atoms with van der Waals surface area (Å²) in [5, 5.41) is 12.7. The highest BCUT2D eigenvalue weighted by atomic mass is 16.5. The third-order valence-electron chi connectivity index (χ3n) is 4.23. The number of ether oxygens (including phenoxy) is 1. The molecule has 0 fully saturated rings. The number of nitrogens with one attached hydrogen (secondary N) is 1. The summed E-state index contributed by atoms with van der Waals surface area (Å²) in [7, 11) is 1.50. The lowest BCUT2D eigenvalue weighted by Gasteiger charge is -2.14. The van der Waals surface area contributed by atoms with Gasteiger partial charge in [-0.3, -0.25) is 4.79 Å². The second-order valence-electron chi connectivity index (χ2n) is 6.79. The molecule has 0 bridgehead atoms. The van der Waals surface area contributed by atoms with Gasteiger partial charge < -0.3 is 15.2 Å². The van der Waals surface area contributed by atoms with Crippen molar-refractivity contribution in [2.75, 3.05) is 7.11 Å². The van der Waals surface area contributed by atoms with Gasteiger partial charge in [-0.05, 0) is 48.1 Å². The Kier molecular flexibility index (Phi) is 6.45. The summed E-state index contributed by atoms with van der Waals surface area (Å²) in [5.74, 6) is 0.854. The van der Waals surface area contributed by atoms with Crippen LogP contribution in [0.5, 0.6) is 11.5 Å². The van der Waals surface area contributed by atoms with Gasteiger partial charge in [-0.2, -0.15) is 0 Å². The molecular formula is C21H27NO3. The van der Waals surface area contributed by atoms with Crippen molar-refractivity contribution < 1.29 is 14.6 Å². The Morgan fingerprint density at radius 2 is 1.72 bits per heavy atom. The molecule has 0 radical (unpaired) electrons. The molecule has 134 valence electrons. The summed E-state index contributed by atoms with van der Waals surface area (Å²) >= 11 is 0. The summed E-state index contributed by atoms with van der Waals surface area (Å²) in [4.78, 5) is 12.4. The minimum absolute atomic E-state index is 0.0353. The fourth-order valence-corrected chi connectivity index (χ4v) is 2.75. The van der Waals surface area contributed by atoms with E-state index in [1.165, 1.54) is 12.7 Å². The van der Waals surface area contributed by atoms with Crippen LogP contribution < -0.4 is 10.1 Å². The van der Waals surface area contributed by atoms with Crippen molar-refractivity contribution in [2.45, 2.75) is 39.7 Å². The predicted octanol–water partition coefficient (Wildman–Crippen LogP) is 4.02. The summed E-state index contributed by atoms with van der Waals surface area (Å²) in [6.45, 7) is 6.66. The number of hydrogen-bond donors (Lipinski definition) is 2. The van der Waals surface area contributed by atoms with Gasteiger partial charge in [-0.25, -0.2) is 0 Å². The smallest absolute Gasteiger partial charge is 0.227 e. The number of carbonyl (C=O) groups is 1. The van der Waals surface area contributed by atoms with E-state index in [0.717, 1.165) is 17.5 Å². The van der Waals surface area contributed by atoms with Crippen LogP contribution in [0.25, 0.3) is 0 Å². The van der Waals surface area contributed by atoms with Gasteiger partial charge in [-0.1, -0.05) is 44.2 Å². The van der Waals surface area contributed by atoms with E-state index in [9.17, 15) is 9.90 Å². The lowest BCUT2D eigenvalue weighted by Crippen LogP contribution is -2.27. The number of carbonyl (C=O) groups excluding carboxylic acids is 1. The Morgan fingerprint density at radius 1 is 1.08 bits per heavy atom. The third kappa shape index (κ3) is 5.24. The number of amides is 1. The number of rotatable bonds is 7. The first kappa shape index (κ1) is 18.8. The van der Waals surface area contributed by atoms with Crippen molar-refractivity contribution in [2.24, 2.45) is 5.92 Å². The van der Waals surface area contributed by atoms with Crippen LogP contribution in [0, 0.1) is 5.92 Å². The zero-order valence-corrected chi connectivity index (χ0v) is 15.4. The zero-order chi connectivity index (χ0) is 18.4. The molecule has 2 rings (SSSR count). The third-order valence-corrected chi connectivity index (χ3v) is 4.23. The van der Waals surface area contributed by atoms with E-state index < -0.39 is 0 Å². The Hall–Kier alpha value is -2.49. The summed E-state index contributed by atoms with van der Waals surface area (Å²) in [5.41, 5.74) is 3.12. The number of aromatic hydroxyl groups is 1. The largest absolute Gasteiger partial charge is 0.504 e. The average molecular weight is 341 g/mol. The molecule has 0 aliphatic heterocycles. The first-order valence-corrected chi connectivity index (χ1v) is 8.63. The minimum Gasteiger partial charge on any atom is -0.504 e. The zero-order valence-electron chi connectivity index (χ0n) is 15.4. The molecule has 0 heterocycles. The van der Waals surface area contributed by atoms with Crippen LogP contribution in [0.3, 0.4) is 0 Å². The van der Waals surface area contributed by atoms with Gasteiger partial charge in [0.1, 0.15) is 0 Å². The van der Waals surface area contributed by atoms with Gasteiger partial charge in [0.25, 0.3) is 0 Å². The Bertz CT molecular complexity index is 708. The van der Waals surface area contributed by atoms with Crippen LogP contribution in [0.15, 0.2) is 42.5 Å². The number of phenols is 1. The molecule has 2 aromatic rings. The number of benzene rings is 2. The molecule has 2 N–H and O–H groups in total. The van der Waals surface area contributed by atoms with Crippen LogP contribution in [-0.4, -0.2) is 18.1 Å². The molecule has 0 saturated heterocycles. The molecule has 4 nitrogen and oxygen atoms in total. The predicted molar refractivity (Wildman–Crippen MR) is 99.9 cm³/mol. The van der Waals surface area contributed by atoms with Crippen molar-refractivity contribution >= 4 is 5.91 Å². The maximum absolute atomic E-state index is 12.4. The molecular weight excluding hydrogens is 314 g/mol. The van der Waals surface area contributed by atoms with Crippen molar-refractivity contribution in [1.29, 1.82) is 0 Å². The van der Waals surface area contributed by atoms with E-state index in [0.29, 0.717) is 18.2 Å². The van der Waals surface area contributed by atoms with E-state index in [2.05, 4.69) is 31.3 Å². The maximum Gasteiger partial charge on any atom is 0.227 e. The lowest BCUT2D eigenvalue weighted by atomic mass is 9.96. The lowest BCUT2D eigenvalue weighted by molar-refractivity contribution is -0.122. The molecule has 25 heavy (non-hydrogen) atoms. The molecule has 0 aliphatic rings. The number of phenolic OH excluding ortho intramolecular Hbond substituents is 1. The van der Waals surface area contributed by atoms with E-state index in [4.69, 9.17) is 4.74 Å². The number of hydrogen-bond acceptors (Lipinski definition) is 3. The van der Waals surface area contributed by atoms with Gasteiger partial charge in [0.15, 0.2) is 11.5 Å². The highest BCUT2D eigenvalue weighted by Gasteiger charge is 2.15. The monoisotopic (exact) mass is 341 g/mol. The number of methoxy groups -OCH3 is 1. The van der Waals surface area contributed by atoms with Gasteiger partial charge in [0, 0.05) is 6.54 Å². The summed E-state index contributed by atoms with van der Waals surface area (Å²) in [6, 6.07) is 13.4.